The van der Waals surface area contributed by atoms with Gasteiger partial charge in [0.15, 0.2) is 5.82 Å². The second-order valence-corrected chi connectivity index (χ2v) is 3.81. The van der Waals surface area contributed by atoms with E-state index in [1.54, 1.807) is 12.5 Å². The summed E-state index contributed by atoms with van der Waals surface area (Å²) in [6.07, 6.45) is 8.53. The minimum absolute atomic E-state index is 0.176. The number of hydrogen-bond acceptors (Lipinski definition) is 4. The van der Waals surface area contributed by atoms with Gasteiger partial charge in [-0.25, -0.2) is 9.97 Å². The number of aliphatic carboxylic acids is 1. The molecule has 2 heterocycles. The van der Waals surface area contributed by atoms with Gasteiger partial charge in [-0.05, 0) is 6.07 Å². The van der Waals surface area contributed by atoms with Crippen LogP contribution in [-0.4, -0.2) is 38.7 Å². The Morgan fingerprint density at radius 1 is 1.61 bits per heavy atom. The maximum absolute atomic E-state index is 10.8. The van der Waals surface area contributed by atoms with Gasteiger partial charge >= 0.3 is 5.97 Å². The molecule has 0 aliphatic rings. The molecule has 2 aromatic rings. The third kappa shape index (κ3) is 2.11. The van der Waals surface area contributed by atoms with E-state index >= 15 is 0 Å². The summed E-state index contributed by atoms with van der Waals surface area (Å²) in [5, 5.41) is 8.89. The highest BCUT2D eigenvalue weighted by Crippen LogP contribution is 2.21. The smallest absolute Gasteiger partial charge is 0.323 e. The summed E-state index contributed by atoms with van der Waals surface area (Å²) in [4.78, 5) is 20.8. The number of terminal acetylenes is 1. The maximum atomic E-state index is 10.8. The first-order valence-corrected chi connectivity index (χ1v) is 5.29. The number of imidazole rings is 1. The second kappa shape index (κ2) is 4.75. The number of aromatic nitrogens is 3. The van der Waals surface area contributed by atoms with Crippen LogP contribution in [0.3, 0.4) is 0 Å². The number of fused-ring (bicyclic) bond motifs is 1. The van der Waals surface area contributed by atoms with Crippen molar-refractivity contribution in [3.63, 3.8) is 0 Å². The number of carboxylic acids is 1. The number of carboxylic acid groups (broad SMARTS) is 1. The van der Waals surface area contributed by atoms with Crippen LogP contribution >= 0.6 is 0 Å². The van der Waals surface area contributed by atoms with Crippen molar-refractivity contribution < 1.29 is 9.90 Å². The highest BCUT2D eigenvalue weighted by molar-refractivity contribution is 5.88. The molecule has 0 bridgehead atoms. The number of carbonyl (C=O) groups is 1. The molecule has 0 saturated heterocycles. The van der Waals surface area contributed by atoms with Crippen LogP contribution in [0.2, 0.25) is 0 Å². The van der Waals surface area contributed by atoms with Crippen molar-refractivity contribution in [3.8, 4) is 12.3 Å². The van der Waals surface area contributed by atoms with Gasteiger partial charge in [0.25, 0.3) is 0 Å². The second-order valence-electron chi connectivity index (χ2n) is 3.81. The average Bonchev–Trinajstić information content (AvgIpc) is 2.70. The number of hydrogen-bond donors (Lipinski definition) is 1. The normalized spacial score (nSPS) is 10.2. The van der Waals surface area contributed by atoms with Crippen molar-refractivity contribution in [1.29, 1.82) is 0 Å². The van der Waals surface area contributed by atoms with Crippen LogP contribution in [0.4, 0.5) is 5.82 Å². The molecule has 0 aliphatic carbocycles. The minimum Gasteiger partial charge on any atom is -0.480 e. The number of aryl methyl sites for hydroxylation is 1. The fourth-order valence-corrected chi connectivity index (χ4v) is 1.76. The molecule has 0 aromatic carbocycles. The summed E-state index contributed by atoms with van der Waals surface area (Å²) in [6.45, 7) is -0.0259. The zero-order chi connectivity index (χ0) is 13.1. The first-order valence-electron chi connectivity index (χ1n) is 5.29. The fourth-order valence-electron chi connectivity index (χ4n) is 1.76. The van der Waals surface area contributed by atoms with Crippen LogP contribution < -0.4 is 4.90 Å². The third-order valence-corrected chi connectivity index (χ3v) is 2.53. The molecule has 6 nitrogen and oxygen atoms in total. The molecule has 0 unspecified atom stereocenters. The molecular formula is C12H12N4O2. The minimum atomic E-state index is -0.958. The van der Waals surface area contributed by atoms with E-state index in [4.69, 9.17) is 11.5 Å². The van der Waals surface area contributed by atoms with Crippen LogP contribution in [0.1, 0.15) is 0 Å². The van der Waals surface area contributed by atoms with Crippen molar-refractivity contribution in [2.24, 2.45) is 7.05 Å². The van der Waals surface area contributed by atoms with E-state index < -0.39 is 5.97 Å². The van der Waals surface area contributed by atoms with Crippen LogP contribution in [-0.2, 0) is 11.8 Å². The zero-order valence-corrected chi connectivity index (χ0v) is 9.87. The molecule has 0 radical (unpaired) electrons. The molecule has 0 spiro atoms. The Kier molecular flexibility index (Phi) is 3.15. The summed E-state index contributed by atoms with van der Waals surface area (Å²) in [5.74, 6) is 1.97. The molecule has 0 saturated carbocycles. The lowest BCUT2D eigenvalue weighted by atomic mass is 10.3. The molecule has 2 rings (SSSR count). The van der Waals surface area contributed by atoms with Crippen LogP contribution in [0.15, 0.2) is 18.6 Å². The lowest BCUT2D eigenvalue weighted by Crippen LogP contribution is -2.30. The molecule has 6 heteroatoms. The van der Waals surface area contributed by atoms with E-state index in [0.717, 1.165) is 5.52 Å². The predicted octanol–water partition coefficient (Wildman–Crippen LogP) is 0.492. The van der Waals surface area contributed by atoms with Gasteiger partial charge in [-0.1, -0.05) is 5.92 Å². The lowest BCUT2D eigenvalue weighted by Gasteiger charge is -2.18. The molecule has 92 valence electrons. The Balaban J connectivity index is 2.50. The Labute approximate surface area is 104 Å². The van der Waals surface area contributed by atoms with Gasteiger partial charge in [-0.3, -0.25) is 4.79 Å². The Morgan fingerprint density at radius 2 is 2.39 bits per heavy atom. The topological polar surface area (TPSA) is 71.2 Å². The average molecular weight is 244 g/mol. The van der Waals surface area contributed by atoms with E-state index in [1.165, 1.54) is 4.90 Å². The SMILES string of the molecule is C#CCN(CC(=O)O)c1nccc2c1ncn2C. The first-order chi connectivity index (χ1) is 8.63. The molecule has 1 N–H and O–H groups in total. The highest BCUT2D eigenvalue weighted by Gasteiger charge is 2.16. The monoisotopic (exact) mass is 244 g/mol. The van der Waals surface area contributed by atoms with E-state index in [9.17, 15) is 4.79 Å². The molecule has 0 aliphatic heterocycles. The summed E-state index contributed by atoms with van der Waals surface area (Å²) in [7, 11) is 1.86. The molecule has 0 amide bonds. The van der Waals surface area contributed by atoms with Crippen molar-refractivity contribution in [2.45, 2.75) is 0 Å². The summed E-state index contributed by atoms with van der Waals surface area (Å²) >= 11 is 0. The highest BCUT2D eigenvalue weighted by atomic mass is 16.4. The van der Waals surface area contributed by atoms with Crippen LogP contribution in [0.25, 0.3) is 11.0 Å². The zero-order valence-electron chi connectivity index (χ0n) is 9.87. The lowest BCUT2D eigenvalue weighted by molar-refractivity contribution is -0.135. The van der Waals surface area contributed by atoms with Crippen molar-refractivity contribution in [3.05, 3.63) is 18.6 Å². The van der Waals surface area contributed by atoms with Gasteiger partial charge in [0.05, 0.1) is 18.4 Å². The molecule has 0 atom stereocenters. The summed E-state index contributed by atoms with van der Waals surface area (Å²) < 4.78 is 1.84. The van der Waals surface area contributed by atoms with Crippen LogP contribution in [0, 0.1) is 12.3 Å². The summed E-state index contributed by atoms with van der Waals surface area (Å²) in [6, 6.07) is 1.82. The van der Waals surface area contributed by atoms with Gasteiger partial charge in [0, 0.05) is 13.2 Å². The number of nitrogens with zero attached hydrogens (tertiary/aromatic N) is 4. The Hall–Kier alpha value is -2.55. The quantitative estimate of drug-likeness (QED) is 0.793. The van der Waals surface area contributed by atoms with Gasteiger partial charge in [0.2, 0.25) is 0 Å². The fraction of sp³-hybridized carbons (Fsp3) is 0.250. The van der Waals surface area contributed by atoms with E-state index in [0.29, 0.717) is 11.3 Å². The van der Waals surface area contributed by atoms with E-state index in [2.05, 4.69) is 15.9 Å². The maximum Gasteiger partial charge on any atom is 0.323 e. The Morgan fingerprint density at radius 3 is 3.06 bits per heavy atom. The molecular weight excluding hydrogens is 232 g/mol. The number of pyridine rings is 1. The largest absolute Gasteiger partial charge is 0.480 e. The first kappa shape index (κ1) is 11.9. The van der Waals surface area contributed by atoms with Crippen LogP contribution in [0.5, 0.6) is 0 Å². The van der Waals surface area contributed by atoms with Crippen molar-refractivity contribution in [2.75, 3.05) is 18.0 Å². The van der Waals surface area contributed by atoms with Gasteiger partial charge in [0.1, 0.15) is 12.1 Å². The molecule has 2 aromatic heterocycles. The van der Waals surface area contributed by atoms with Crippen molar-refractivity contribution >= 4 is 22.8 Å². The third-order valence-electron chi connectivity index (χ3n) is 2.53. The number of anilines is 1. The predicted molar refractivity (Wildman–Crippen MR) is 67.2 cm³/mol. The van der Waals surface area contributed by atoms with Gasteiger partial charge < -0.3 is 14.6 Å². The van der Waals surface area contributed by atoms with E-state index in [-0.39, 0.29) is 13.1 Å². The van der Waals surface area contributed by atoms with Gasteiger partial charge in [-0.15, -0.1) is 6.42 Å². The Bertz CT molecular complexity index is 627. The number of rotatable bonds is 4. The van der Waals surface area contributed by atoms with E-state index in [1.807, 2.05) is 17.7 Å². The van der Waals surface area contributed by atoms with Gasteiger partial charge in [-0.2, -0.15) is 0 Å². The molecule has 0 fully saturated rings. The van der Waals surface area contributed by atoms with Crippen molar-refractivity contribution in [1.82, 2.24) is 14.5 Å². The standard InChI is InChI=1S/C12H12N4O2/c1-3-6-16(7-10(17)18)12-11-9(4-5-13-12)15(2)8-14-11/h1,4-5,8H,6-7H2,2H3,(H,17,18). The summed E-state index contributed by atoms with van der Waals surface area (Å²) in [5.41, 5.74) is 1.53. The molecule has 18 heavy (non-hydrogen) atoms.